The molecule has 32 heavy (non-hydrogen) atoms. The standard InChI is InChI=1S/C22H19Cl2N5O3/c1-4-29(21(31)32)20(30)19(11-25)28-27-18-10-17(24)16(9-13(18)2)22(3,12-26)14-5-7-15(23)8-6-14/h5-10,27H,4H2,1-3H3,(H,31,32)/b28-19+. The number of aryl methyl sites for hydroxylation is 1. The molecule has 0 saturated heterocycles. The Morgan fingerprint density at radius 1 is 1.22 bits per heavy atom. The van der Waals surface area contributed by atoms with Crippen LogP contribution in [0.25, 0.3) is 0 Å². The predicted molar refractivity (Wildman–Crippen MR) is 122 cm³/mol. The zero-order valence-corrected chi connectivity index (χ0v) is 19.0. The topological polar surface area (TPSA) is 130 Å². The van der Waals surface area contributed by atoms with Crippen LogP contribution in [0.3, 0.4) is 0 Å². The predicted octanol–water partition coefficient (Wildman–Crippen LogP) is 4.95. The highest BCUT2D eigenvalue weighted by Gasteiger charge is 2.32. The molecule has 0 aliphatic rings. The third kappa shape index (κ3) is 5.00. The molecule has 0 fully saturated rings. The van der Waals surface area contributed by atoms with Crippen LogP contribution in [0.15, 0.2) is 41.5 Å². The van der Waals surface area contributed by atoms with Crippen LogP contribution in [-0.2, 0) is 10.2 Å². The van der Waals surface area contributed by atoms with Gasteiger partial charge >= 0.3 is 6.09 Å². The smallest absolute Gasteiger partial charge is 0.414 e. The summed E-state index contributed by atoms with van der Waals surface area (Å²) in [5.41, 5.74) is 3.17. The number of imide groups is 1. The van der Waals surface area contributed by atoms with Crippen molar-refractivity contribution in [1.82, 2.24) is 4.90 Å². The number of nitriles is 2. The summed E-state index contributed by atoms with van der Waals surface area (Å²) in [5.74, 6) is -1.05. The van der Waals surface area contributed by atoms with Crippen LogP contribution in [0.4, 0.5) is 10.5 Å². The lowest BCUT2D eigenvalue weighted by Crippen LogP contribution is -2.40. The van der Waals surface area contributed by atoms with E-state index < -0.39 is 23.1 Å². The van der Waals surface area contributed by atoms with Gasteiger partial charge in [0.05, 0.1) is 11.8 Å². The Morgan fingerprint density at radius 3 is 2.34 bits per heavy atom. The zero-order chi connectivity index (χ0) is 24.1. The van der Waals surface area contributed by atoms with E-state index >= 15 is 0 Å². The van der Waals surface area contributed by atoms with Gasteiger partial charge in [0.25, 0.3) is 5.91 Å². The van der Waals surface area contributed by atoms with Gasteiger partial charge < -0.3 is 5.11 Å². The molecule has 0 saturated carbocycles. The highest BCUT2D eigenvalue weighted by Crippen LogP contribution is 2.38. The fourth-order valence-electron chi connectivity index (χ4n) is 2.98. The van der Waals surface area contributed by atoms with Gasteiger partial charge in [-0.25, -0.2) is 9.69 Å². The van der Waals surface area contributed by atoms with Gasteiger partial charge in [0.1, 0.15) is 11.5 Å². The Balaban J connectivity index is 2.43. The maximum absolute atomic E-state index is 12.2. The molecule has 1 unspecified atom stereocenters. The number of hydrogen-bond donors (Lipinski definition) is 2. The first kappa shape index (κ1) is 24.7. The summed E-state index contributed by atoms with van der Waals surface area (Å²) in [6.45, 7) is 4.80. The van der Waals surface area contributed by atoms with Crippen molar-refractivity contribution in [2.75, 3.05) is 12.0 Å². The number of anilines is 1. The van der Waals surface area contributed by atoms with Gasteiger partial charge in [-0.3, -0.25) is 10.2 Å². The third-order valence-electron chi connectivity index (χ3n) is 4.89. The van der Waals surface area contributed by atoms with E-state index in [1.807, 2.05) is 0 Å². The van der Waals surface area contributed by atoms with Crippen LogP contribution >= 0.6 is 23.2 Å². The first-order chi connectivity index (χ1) is 15.1. The van der Waals surface area contributed by atoms with E-state index in [2.05, 4.69) is 16.6 Å². The summed E-state index contributed by atoms with van der Waals surface area (Å²) in [6.07, 6.45) is -1.48. The van der Waals surface area contributed by atoms with E-state index in [9.17, 15) is 20.1 Å². The normalized spacial score (nSPS) is 12.8. The second kappa shape index (κ2) is 10.1. The van der Waals surface area contributed by atoms with E-state index in [4.69, 9.17) is 28.3 Å². The van der Waals surface area contributed by atoms with Crippen molar-refractivity contribution in [2.24, 2.45) is 5.10 Å². The Labute approximate surface area is 195 Å². The summed E-state index contributed by atoms with van der Waals surface area (Å²) >= 11 is 12.4. The van der Waals surface area contributed by atoms with E-state index in [1.54, 1.807) is 50.2 Å². The summed E-state index contributed by atoms with van der Waals surface area (Å²) < 4.78 is 0. The Bertz CT molecular complexity index is 1170. The van der Waals surface area contributed by atoms with Crippen molar-refractivity contribution in [1.29, 1.82) is 10.5 Å². The molecule has 0 spiro atoms. The molecule has 0 radical (unpaired) electrons. The molecule has 10 heteroatoms. The second-order valence-electron chi connectivity index (χ2n) is 6.91. The van der Waals surface area contributed by atoms with E-state index in [1.165, 1.54) is 13.0 Å². The van der Waals surface area contributed by atoms with Crippen LogP contribution in [0, 0.1) is 29.6 Å². The molecule has 2 aromatic carbocycles. The van der Waals surface area contributed by atoms with Gasteiger partial charge in [0.15, 0.2) is 0 Å². The van der Waals surface area contributed by atoms with Gasteiger partial charge in [0.2, 0.25) is 5.71 Å². The second-order valence-corrected chi connectivity index (χ2v) is 7.75. The summed E-state index contributed by atoms with van der Waals surface area (Å²) in [6, 6.07) is 14.0. The van der Waals surface area contributed by atoms with E-state index in [0.717, 1.165) is 0 Å². The molecule has 2 rings (SSSR count). The van der Waals surface area contributed by atoms with Crippen molar-refractivity contribution in [3.63, 3.8) is 0 Å². The monoisotopic (exact) mass is 471 g/mol. The van der Waals surface area contributed by atoms with Crippen LogP contribution < -0.4 is 5.43 Å². The SMILES string of the molecule is CCN(C(=O)O)C(=O)/C(C#N)=N/Nc1cc(Cl)c(C(C)(C#N)c2ccc(Cl)cc2)cc1C. The van der Waals surface area contributed by atoms with Gasteiger partial charge in [0, 0.05) is 16.6 Å². The quantitative estimate of drug-likeness (QED) is 0.452. The molecule has 2 amide bonds. The first-order valence-electron chi connectivity index (χ1n) is 9.35. The first-order valence-corrected chi connectivity index (χ1v) is 10.1. The molecule has 164 valence electrons. The van der Waals surface area contributed by atoms with Gasteiger partial charge in [-0.2, -0.15) is 15.6 Å². The fourth-order valence-corrected chi connectivity index (χ4v) is 3.46. The lowest BCUT2D eigenvalue weighted by molar-refractivity contribution is -0.121. The maximum Gasteiger partial charge on any atom is 0.414 e. The van der Waals surface area contributed by atoms with Gasteiger partial charge in [-0.1, -0.05) is 41.4 Å². The largest absolute Gasteiger partial charge is 0.465 e. The van der Waals surface area contributed by atoms with Gasteiger partial charge in [-0.15, -0.1) is 0 Å². The summed E-state index contributed by atoms with van der Waals surface area (Å²) in [7, 11) is 0. The number of nitrogens with zero attached hydrogens (tertiary/aromatic N) is 4. The molecule has 1 atom stereocenters. The lowest BCUT2D eigenvalue weighted by Gasteiger charge is -2.25. The van der Waals surface area contributed by atoms with E-state index in [-0.39, 0.29) is 11.6 Å². The number of halogens is 2. The van der Waals surface area contributed by atoms with Crippen molar-refractivity contribution in [2.45, 2.75) is 26.2 Å². The lowest BCUT2D eigenvalue weighted by atomic mass is 9.77. The van der Waals surface area contributed by atoms with Crippen LogP contribution in [0.1, 0.15) is 30.5 Å². The number of hydrazone groups is 1. The van der Waals surface area contributed by atoms with Crippen molar-refractivity contribution in [3.05, 3.63) is 63.1 Å². The molecule has 0 aliphatic carbocycles. The van der Waals surface area contributed by atoms with Gasteiger partial charge in [-0.05, 0) is 55.7 Å². The van der Waals surface area contributed by atoms with Crippen molar-refractivity contribution in [3.8, 4) is 12.1 Å². The number of benzene rings is 2. The highest BCUT2D eigenvalue weighted by atomic mass is 35.5. The number of amides is 2. The Kier molecular flexibility index (Phi) is 7.82. The minimum atomic E-state index is -1.48. The molecule has 8 nitrogen and oxygen atoms in total. The molecule has 2 aromatic rings. The fraction of sp³-hybridized carbons (Fsp3) is 0.227. The van der Waals surface area contributed by atoms with Crippen LogP contribution in [0.5, 0.6) is 0 Å². The summed E-state index contributed by atoms with van der Waals surface area (Å²) in [5, 5.41) is 32.8. The summed E-state index contributed by atoms with van der Waals surface area (Å²) in [4.78, 5) is 23.8. The minimum absolute atomic E-state index is 0.133. The number of carbonyl (C=O) groups is 2. The zero-order valence-electron chi connectivity index (χ0n) is 17.5. The molecule has 2 N–H and O–H groups in total. The Morgan fingerprint density at radius 2 is 1.84 bits per heavy atom. The van der Waals surface area contributed by atoms with Crippen molar-refractivity contribution >= 4 is 46.6 Å². The number of carboxylic acid groups (broad SMARTS) is 1. The van der Waals surface area contributed by atoms with E-state index in [0.29, 0.717) is 32.3 Å². The molecule has 0 bridgehead atoms. The van der Waals surface area contributed by atoms with Crippen LogP contribution in [-0.4, -0.2) is 34.3 Å². The number of hydrogen-bond acceptors (Lipinski definition) is 6. The molecule has 0 aliphatic heterocycles. The Hall–Kier alpha value is -3.59. The average molecular weight is 472 g/mol. The third-order valence-corrected chi connectivity index (χ3v) is 5.45. The number of carbonyl (C=O) groups excluding carboxylic acids is 1. The minimum Gasteiger partial charge on any atom is -0.465 e. The maximum atomic E-state index is 12.2. The molecule has 0 heterocycles. The van der Waals surface area contributed by atoms with Crippen molar-refractivity contribution < 1.29 is 14.7 Å². The molecular weight excluding hydrogens is 453 g/mol. The molecular formula is C22H19Cl2N5O3. The van der Waals surface area contributed by atoms with Crippen LogP contribution in [0.2, 0.25) is 10.0 Å². The average Bonchev–Trinajstić information content (AvgIpc) is 2.76. The highest BCUT2D eigenvalue weighted by molar-refractivity contribution is 6.46. The number of rotatable bonds is 6. The number of nitrogens with one attached hydrogen (secondary N) is 1. The molecule has 0 aromatic heterocycles.